The largest absolute Gasteiger partial charge is 0.496 e. The van der Waals surface area contributed by atoms with Gasteiger partial charge in [-0.15, -0.1) is 15.0 Å². The van der Waals surface area contributed by atoms with Crippen LogP contribution in [-0.2, 0) is 6.42 Å². The third-order valence-electron chi connectivity index (χ3n) is 3.22. The number of benzene rings is 1. The van der Waals surface area contributed by atoms with Crippen LogP contribution in [0.2, 0.25) is 0 Å². The van der Waals surface area contributed by atoms with E-state index in [1.165, 1.54) is 4.80 Å². The second kappa shape index (κ2) is 6.31. The van der Waals surface area contributed by atoms with E-state index in [9.17, 15) is 0 Å². The number of ether oxygens (including phenoxy) is 1. The lowest BCUT2D eigenvalue weighted by molar-refractivity contribution is 0.409. The van der Waals surface area contributed by atoms with Crippen LogP contribution in [-0.4, -0.2) is 38.8 Å². The van der Waals surface area contributed by atoms with Gasteiger partial charge in [-0.2, -0.15) is 0 Å². The highest BCUT2D eigenvalue weighted by molar-refractivity contribution is 5.48. The van der Waals surface area contributed by atoms with Crippen molar-refractivity contribution in [3.05, 3.63) is 48.2 Å². The van der Waals surface area contributed by atoms with Gasteiger partial charge in [0.2, 0.25) is 5.82 Å². The fourth-order valence-corrected chi connectivity index (χ4v) is 2.14. The fraction of sp³-hybridized carbons (Fsp3) is 0.200. The second-order valence-electron chi connectivity index (χ2n) is 4.65. The molecule has 0 saturated heterocycles. The number of nitrogens with zero attached hydrogens (tertiary/aromatic N) is 5. The zero-order valence-corrected chi connectivity index (χ0v) is 12.2. The molecule has 2 N–H and O–H groups in total. The van der Waals surface area contributed by atoms with Crippen molar-refractivity contribution in [3.63, 3.8) is 0 Å². The van der Waals surface area contributed by atoms with E-state index in [1.54, 1.807) is 13.3 Å². The summed E-state index contributed by atoms with van der Waals surface area (Å²) >= 11 is 0. The molecule has 0 fully saturated rings. The molecule has 7 heteroatoms. The van der Waals surface area contributed by atoms with E-state index in [1.807, 2.05) is 36.4 Å². The van der Waals surface area contributed by atoms with Crippen LogP contribution in [0, 0.1) is 0 Å². The molecule has 0 bridgehead atoms. The minimum Gasteiger partial charge on any atom is -0.496 e. The molecule has 0 amide bonds. The molecule has 1 aromatic carbocycles. The Hall–Kier alpha value is -2.80. The lowest BCUT2D eigenvalue weighted by Gasteiger charge is -2.09. The molecule has 2 heterocycles. The molecule has 0 aliphatic rings. The minimum absolute atomic E-state index is 0.477. The van der Waals surface area contributed by atoms with Crippen molar-refractivity contribution in [1.82, 2.24) is 25.2 Å². The normalized spacial score (nSPS) is 10.6. The molecular formula is C15H16N6O. The Balaban J connectivity index is 1.93. The maximum Gasteiger partial charge on any atom is 0.223 e. The molecule has 0 saturated carbocycles. The summed E-state index contributed by atoms with van der Waals surface area (Å²) in [6.07, 6.45) is 2.45. The molecule has 0 spiro atoms. The van der Waals surface area contributed by atoms with Crippen LogP contribution >= 0.6 is 0 Å². The summed E-state index contributed by atoms with van der Waals surface area (Å²) in [5, 5.41) is 12.5. The second-order valence-corrected chi connectivity index (χ2v) is 4.65. The smallest absolute Gasteiger partial charge is 0.223 e. The maximum absolute atomic E-state index is 5.60. The highest BCUT2D eigenvalue weighted by Crippen LogP contribution is 2.22. The predicted octanol–water partition coefficient (Wildman–Crippen LogP) is 1.23. The molecule has 112 valence electrons. The van der Waals surface area contributed by atoms with Crippen molar-refractivity contribution >= 4 is 0 Å². The van der Waals surface area contributed by atoms with Gasteiger partial charge in [0.15, 0.2) is 0 Å². The lowest BCUT2D eigenvalue weighted by atomic mass is 10.1. The van der Waals surface area contributed by atoms with Crippen LogP contribution in [0.25, 0.3) is 17.2 Å². The van der Waals surface area contributed by atoms with Crippen molar-refractivity contribution in [2.24, 2.45) is 5.73 Å². The van der Waals surface area contributed by atoms with Crippen molar-refractivity contribution < 1.29 is 4.74 Å². The van der Waals surface area contributed by atoms with Crippen molar-refractivity contribution in [3.8, 4) is 23.0 Å². The number of methoxy groups -OCH3 is 1. The van der Waals surface area contributed by atoms with Gasteiger partial charge in [-0.25, -0.2) is 0 Å². The molecule has 0 atom stereocenters. The van der Waals surface area contributed by atoms with Crippen LogP contribution in [0.4, 0.5) is 0 Å². The number of tetrazole rings is 1. The number of nitrogens with two attached hydrogens (primary N) is 1. The molecule has 0 aliphatic carbocycles. The third-order valence-corrected chi connectivity index (χ3v) is 3.22. The molecular weight excluding hydrogens is 280 g/mol. The van der Waals surface area contributed by atoms with Crippen LogP contribution in [0.1, 0.15) is 5.56 Å². The average molecular weight is 296 g/mol. The summed E-state index contributed by atoms with van der Waals surface area (Å²) < 4.78 is 5.39. The number of rotatable bonds is 5. The average Bonchev–Trinajstić information content (AvgIpc) is 3.06. The van der Waals surface area contributed by atoms with Gasteiger partial charge in [-0.1, -0.05) is 12.1 Å². The highest BCUT2D eigenvalue weighted by Gasteiger charge is 2.10. The maximum atomic E-state index is 5.60. The van der Waals surface area contributed by atoms with Gasteiger partial charge in [0.1, 0.15) is 11.4 Å². The quantitative estimate of drug-likeness (QED) is 0.761. The molecule has 0 aliphatic heterocycles. The van der Waals surface area contributed by atoms with E-state index in [2.05, 4.69) is 20.4 Å². The van der Waals surface area contributed by atoms with Crippen LogP contribution in [0.3, 0.4) is 0 Å². The third kappa shape index (κ3) is 2.79. The highest BCUT2D eigenvalue weighted by atomic mass is 16.5. The molecule has 7 nitrogen and oxygen atoms in total. The van der Waals surface area contributed by atoms with Gasteiger partial charge >= 0.3 is 0 Å². The van der Waals surface area contributed by atoms with Gasteiger partial charge in [0.05, 0.1) is 12.8 Å². The Bertz CT molecular complexity index is 756. The zero-order chi connectivity index (χ0) is 15.4. The number of hydrogen-bond donors (Lipinski definition) is 1. The summed E-state index contributed by atoms with van der Waals surface area (Å²) in [4.78, 5) is 5.67. The number of hydrogen-bond acceptors (Lipinski definition) is 6. The van der Waals surface area contributed by atoms with Crippen LogP contribution < -0.4 is 10.5 Å². The molecule has 0 unspecified atom stereocenters. The molecule has 3 rings (SSSR count). The van der Waals surface area contributed by atoms with Gasteiger partial charge in [-0.3, -0.25) is 4.98 Å². The summed E-state index contributed by atoms with van der Waals surface area (Å²) in [5.41, 5.74) is 8.10. The van der Waals surface area contributed by atoms with Crippen LogP contribution in [0.5, 0.6) is 5.75 Å². The fourth-order valence-electron chi connectivity index (χ4n) is 2.14. The zero-order valence-electron chi connectivity index (χ0n) is 12.2. The Morgan fingerprint density at radius 3 is 2.86 bits per heavy atom. The Labute approximate surface area is 127 Å². The minimum atomic E-state index is 0.477. The van der Waals surface area contributed by atoms with Crippen molar-refractivity contribution in [2.75, 3.05) is 13.7 Å². The van der Waals surface area contributed by atoms with E-state index >= 15 is 0 Å². The molecule has 2 aromatic heterocycles. The first-order valence-electron chi connectivity index (χ1n) is 6.90. The van der Waals surface area contributed by atoms with E-state index < -0.39 is 0 Å². The monoisotopic (exact) mass is 296 g/mol. The van der Waals surface area contributed by atoms with E-state index in [-0.39, 0.29) is 0 Å². The molecule has 0 radical (unpaired) electrons. The molecule has 3 aromatic rings. The first-order chi connectivity index (χ1) is 10.8. The standard InChI is InChI=1S/C15H16N6O/c1-22-14-10-12(6-5-11(14)7-8-16)21-19-15(18-20-21)13-4-2-3-9-17-13/h2-6,9-10H,7-8,16H2,1H3. The summed E-state index contributed by atoms with van der Waals surface area (Å²) in [6.45, 7) is 0.571. The summed E-state index contributed by atoms with van der Waals surface area (Å²) in [7, 11) is 1.63. The van der Waals surface area contributed by atoms with Gasteiger partial charge in [-0.05, 0) is 41.9 Å². The van der Waals surface area contributed by atoms with E-state index in [0.29, 0.717) is 18.1 Å². The summed E-state index contributed by atoms with van der Waals surface area (Å²) in [5.74, 6) is 1.24. The van der Waals surface area contributed by atoms with E-state index in [4.69, 9.17) is 10.5 Å². The topological polar surface area (TPSA) is 91.7 Å². The van der Waals surface area contributed by atoms with Crippen molar-refractivity contribution in [1.29, 1.82) is 0 Å². The Morgan fingerprint density at radius 1 is 1.23 bits per heavy atom. The number of pyridine rings is 1. The number of aromatic nitrogens is 5. The predicted molar refractivity (Wildman–Crippen MR) is 81.7 cm³/mol. The Kier molecular flexibility index (Phi) is 4.06. The summed E-state index contributed by atoms with van der Waals surface area (Å²) in [6, 6.07) is 11.3. The van der Waals surface area contributed by atoms with Crippen molar-refractivity contribution in [2.45, 2.75) is 6.42 Å². The van der Waals surface area contributed by atoms with Crippen LogP contribution in [0.15, 0.2) is 42.6 Å². The lowest BCUT2D eigenvalue weighted by Crippen LogP contribution is -2.06. The Morgan fingerprint density at radius 2 is 2.14 bits per heavy atom. The van der Waals surface area contributed by atoms with Gasteiger partial charge in [0, 0.05) is 12.3 Å². The SMILES string of the molecule is COc1cc(-n2nnc(-c3ccccn3)n2)ccc1CCN. The molecule has 22 heavy (non-hydrogen) atoms. The van der Waals surface area contributed by atoms with Gasteiger partial charge < -0.3 is 10.5 Å². The first-order valence-corrected chi connectivity index (χ1v) is 6.90. The van der Waals surface area contributed by atoms with E-state index in [0.717, 1.165) is 23.4 Å². The first kappa shape index (κ1) is 14.2. The van der Waals surface area contributed by atoms with Gasteiger partial charge in [0.25, 0.3) is 0 Å².